The Morgan fingerprint density at radius 3 is 2.36 bits per heavy atom. The van der Waals surface area contributed by atoms with Crippen molar-refractivity contribution in [1.29, 1.82) is 0 Å². The van der Waals surface area contributed by atoms with Crippen LogP contribution in [0.4, 0.5) is 11.4 Å². The van der Waals surface area contributed by atoms with E-state index in [4.69, 9.17) is 0 Å². The number of benzene rings is 2. The molecule has 28 heavy (non-hydrogen) atoms. The summed E-state index contributed by atoms with van der Waals surface area (Å²) >= 11 is 0. The molecule has 1 N–H and O–H groups in total. The monoisotopic (exact) mass is 395 g/mol. The minimum Gasteiger partial charge on any atom is -0.324 e. The largest absolute Gasteiger partial charge is 0.324 e. The van der Waals surface area contributed by atoms with Gasteiger partial charge in [-0.05, 0) is 55.3 Å². The van der Waals surface area contributed by atoms with E-state index in [-0.39, 0.29) is 11.4 Å². The maximum atomic E-state index is 13.3. The highest BCUT2D eigenvalue weighted by molar-refractivity contribution is 7.92. The van der Waals surface area contributed by atoms with Gasteiger partial charge in [0, 0.05) is 18.1 Å². The first-order chi connectivity index (χ1) is 13.4. The normalized spacial score (nSPS) is 11.1. The van der Waals surface area contributed by atoms with E-state index in [1.54, 1.807) is 48.8 Å². The van der Waals surface area contributed by atoms with E-state index in [1.165, 1.54) is 12.1 Å². The molecule has 7 heteroatoms. The van der Waals surface area contributed by atoms with Crippen molar-refractivity contribution in [2.75, 3.05) is 16.2 Å². The van der Waals surface area contributed by atoms with Crippen LogP contribution in [-0.2, 0) is 14.8 Å². The SMILES string of the molecule is Cc1ccc(C)c(N(CC(=O)Nc2ccncc2)S(=O)(=O)c2ccccc2)c1. The fourth-order valence-corrected chi connectivity index (χ4v) is 4.27. The second-order valence-corrected chi connectivity index (χ2v) is 8.26. The Balaban J connectivity index is 2.00. The van der Waals surface area contributed by atoms with Crippen molar-refractivity contribution >= 4 is 27.3 Å². The van der Waals surface area contributed by atoms with Crippen LogP contribution in [-0.4, -0.2) is 25.9 Å². The van der Waals surface area contributed by atoms with Crippen LogP contribution in [0.1, 0.15) is 11.1 Å². The van der Waals surface area contributed by atoms with E-state index < -0.39 is 15.9 Å². The molecule has 0 saturated heterocycles. The Morgan fingerprint density at radius 2 is 1.68 bits per heavy atom. The third-order valence-electron chi connectivity index (χ3n) is 4.22. The minimum absolute atomic E-state index is 0.132. The molecule has 3 aromatic rings. The zero-order chi connectivity index (χ0) is 20.1. The molecular formula is C21H21N3O3S. The van der Waals surface area contributed by atoms with Gasteiger partial charge in [-0.25, -0.2) is 8.42 Å². The lowest BCUT2D eigenvalue weighted by molar-refractivity contribution is -0.114. The summed E-state index contributed by atoms with van der Waals surface area (Å²) in [4.78, 5) is 16.7. The molecule has 0 bridgehead atoms. The fourth-order valence-electron chi connectivity index (χ4n) is 2.77. The third kappa shape index (κ3) is 4.37. The summed E-state index contributed by atoms with van der Waals surface area (Å²) in [6.07, 6.45) is 3.11. The molecule has 0 fully saturated rings. The lowest BCUT2D eigenvalue weighted by Gasteiger charge is -2.26. The van der Waals surface area contributed by atoms with Gasteiger partial charge in [0.05, 0.1) is 10.6 Å². The Labute approximate surface area is 164 Å². The van der Waals surface area contributed by atoms with Gasteiger partial charge in [-0.2, -0.15) is 0 Å². The van der Waals surface area contributed by atoms with Crippen LogP contribution < -0.4 is 9.62 Å². The average molecular weight is 395 g/mol. The number of hydrogen-bond donors (Lipinski definition) is 1. The molecule has 0 aliphatic carbocycles. The van der Waals surface area contributed by atoms with E-state index in [0.29, 0.717) is 11.4 Å². The van der Waals surface area contributed by atoms with Gasteiger partial charge in [0.25, 0.3) is 10.0 Å². The molecule has 1 amide bonds. The lowest BCUT2D eigenvalue weighted by atomic mass is 10.1. The lowest BCUT2D eigenvalue weighted by Crippen LogP contribution is -2.38. The second kappa shape index (κ2) is 8.22. The summed E-state index contributed by atoms with van der Waals surface area (Å²) < 4.78 is 27.8. The third-order valence-corrected chi connectivity index (χ3v) is 5.99. The number of aryl methyl sites for hydroxylation is 2. The first-order valence-corrected chi connectivity index (χ1v) is 10.2. The molecule has 0 saturated carbocycles. The quantitative estimate of drug-likeness (QED) is 0.692. The minimum atomic E-state index is -3.92. The summed E-state index contributed by atoms with van der Waals surface area (Å²) in [5.41, 5.74) is 2.71. The van der Waals surface area contributed by atoms with Crippen molar-refractivity contribution in [2.24, 2.45) is 0 Å². The van der Waals surface area contributed by atoms with Crippen LogP contribution in [0.2, 0.25) is 0 Å². The van der Waals surface area contributed by atoms with Crippen LogP contribution in [0.3, 0.4) is 0 Å². The molecule has 0 aliphatic rings. The molecule has 1 heterocycles. The Bertz CT molecular complexity index is 1070. The van der Waals surface area contributed by atoms with Crippen LogP contribution in [0.5, 0.6) is 0 Å². The Kier molecular flexibility index (Phi) is 5.75. The number of pyridine rings is 1. The maximum absolute atomic E-state index is 13.3. The van der Waals surface area contributed by atoms with Gasteiger partial charge in [-0.15, -0.1) is 0 Å². The molecule has 3 rings (SSSR count). The van der Waals surface area contributed by atoms with Gasteiger partial charge < -0.3 is 5.32 Å². The summed E-state index contributed by atoms with van der Waals surface area (Å²) in [6.45, 7) is 3.36. The van der Waals surface area contributed by atoms with E-state index >= 15 is 0 Å². The zero-order valence-corrected chi connectivity index (χ0v) is 16.5. The predicted octanol–water partition coefficient (Wildman–Crippen LogP) is 3.53. The van der Waals surface area contributed by atoms with Crippen molar-refractivity contribution in [2.45, 2.75) is 18.7 Å². The van der Waals surface area contributed by atoms with Gasteiger partial charge in [0.1, 0.15) is 6.54 Å². The van der Waals surface area contributed by atoms with E-state index in [9.17, 15) is 13.2 Å². The first-order valence-electron chi connectivity index (χ1n) is 8.73. The van der Waals surface area contributed by atoms with Crippen molar-refractivity contribution in [1.82, 2.24) is 4.98 Å². The molecule has 0 radical (unpaired) electrons. The van der Waals surface area contributed by atoms with E-state index in [1.807, 2.05) is 26.0 Å². The van der Waals surface area contributed by atoms with Crippen molar-refractivity contribution in [3.05, 3.63) is 84.2 Å². The summed E-state index contributed by atoms with van der Waals surface area (Å²) in [5.74, 6) is -0.438. The van der Waals surface area contributed by atoms with Crippen LogP contribution >= 0.6 is 0 Å². The molecule has 144 valence electrons. The van der Waals surface area contributed by atoms with Crippen LogP contribution in [0, 0.1) is 13.8 Å². The molecule has 0 atom stereocenters. The maximum Gasteiger partial charge on any atom is 0.264 e. The van der Waals surface area contributed by atoms with Gasteiger partial charge in [0.2, 0.25) is 5.91 Å². The smallest absolute Gasteiger partial charge is 0.264 e. The second-order valence-electron chi connectivity index (χ2n) is 6.40. The highest BCUT2D eigenvalue weighted by Crippen LogP contribution is 2.27. The van der Waals surface area contributed by atoms with Gasteiger partial charge >= 0.3 is 0 Å². The van der Waals surface area contributed by atoms with Gasteiger partial charge in [0.15, 0.2) is 0 Å². The molecule has 1 aromatic heterocycles. The number of nitrogens with one attached hydrogen (secondary N) is 1. The molecule has 2 aromatic carbocycles. The van der Waals surface area contributed by atoms with E-state index in [2.05, 4.69) is 10.3 Å². The number of amides is 1. The zero-order valence-electron chi connectivity index (χ0n) is 15.7. The Hall–Kier alpha value is -3.19. The fraction of sp³-hybridized carbons (Fsp3) is 0.143. The number of rotatable bonds is 6. The van der Waals surface area contributed by atoms with Crippen molar-refractivity contribution in [3.63, 3.8) is 0 Å². The number of aromatic nitrogens is 1. The molecule has 6 nitrogen and oxygen atoms in total. The molecular weight excluding hydrogens is 374 g/mol. The topological polar surface area (TPSA) is 79.4 Å². The molecule has 0 unspecified atom stereocenters. The Morgan fingerprint density at radius 1 is 1.00 bits per heavy atom. The van der Waals surface area contributed by atoms with Crippen LogP contribution in [0.15, 0.2) is 78.0 Å². The number of sulfonamides is 1. The first kappa shape index (κ1) is 19.6. The van der Waals surface area contributed by atoms with E-state index in [0.717, 1.165) is 15.4 Å². The molecule has 0 aliphatic heterocycles. The van der Waals surface area contributed by atoms with Gasteiger partial charge in [-0.3, -0.25) is 14.1 Å². The standard InChI is InChI=1S/C21H21N3O3S/c1-16-8-9-17(2)20(14-16)24(28(26,27)19-6-4-3-5-7-19)15-21(25)23-18-10-12-22-13-11-18/h3-14H,15H2,1-2H3,(H,22,23,25). The average Bonchev–Trinajstić information content (AvgIpc) is 2.69. The van der Waals surface area contributed by atoms with Crippen molar-refractivity contribution < 1.29 is 13.2 Å². The molecule has 0 spiro atoms. The number of hydrogen-bond acceptors (Lipinski definition) is 4. The summed E-state index contributed by atoms with van der Waals surface area (Å²) in [5, 5.41) is 2.71. The van der Waals surface area contributed by atoms with Crippen LogP contribution in [0.25, 0.3) is 0 Å². The number of anilines is 2. The highest BCUT2D eigenvalue weighted by Gasteiger charge is 2.28. The van der Waals surface area contributed by atoms with Gasteiger partial charge in [-0.1, -0.05) is 30.3 Å². The number of carbonyl (C=O) groups excluding carboxylic acids is 1. The summed E-state index contributed by atoms with van der Waals surface area (Å²) in [7, 11) is -3.92. The number of carbonyl (C=O) groups is 1. The number of nitrogens with zero attached hydrogens (tertiary/aromatic N) is 2. The summed E-state index contributed by atoms with van der Waals surface area (Å²) in [6, 6.07) is 16.9. The van der Waals surface area contributed by atoms with Crippen molar-refractivity contribution in [3.8, 4) is 0 Å². The predicted molar refractivity (Wildman–Crippen MR) is 110 cm³/mol. The highest BCUT2D eigenvalue weighted by atomic mass is 32.2.